The number of carbonyl (C=O) groups is 2. The van der Waals surface area contributed by atoms with Crippen LogP contribution in [0.2, 0.25) is 0 Å². The van der Waals surface area contributed by atoms with Crippen LogP contribution in [0.15, 0.2) is 11.6 Å². The molecule has 6 nitrogen and oxygen atoms in total. The van der Waals surface area contributed by atoms with Gasteiger partial charge in [-0.3, -0.25) is 5.32 Å². The summed E-state index contributed by atoms with van der Waals surface area (Å²) in [7, 11) is 0. The van der Waals surface area contributed by atoms with Gasteiger partial charge in [0.05, 0.1) is 0 Å². The highest BCUT2D eigenvalue weighted by Crippen LogP contribution is 2.01. The number of nitrogens with one attached hydrogen (secondary N) is 1. The van der Waals surface area contributed by atoms with Gasteiger partial charge in [-0.15, -0.1) is 0 Å². The number of rotatable bonds is 6. The van der Waals surface area contributed by atoms with E-state index in [9.17, 15) is 9.59 Å². The van der Waals surface area contributed by atoms with E-state index >= 15 is 0 Å². The van der Waals surface area contributed by atoms with E-state index in [4.69, 9.17) is 10.5 Å². The van der Waals surface area contributed by atoms with Crippen molar-refractivity contribution in [2.45, 2.75) is 46.9 Å². The van der Waals surface area contributed by atoms with Gasteiger partial charge in [-0.05, 0) is 26.7 Å². The van der Waals surface area contributed by atoms with Crippen LogP contribution in [0.5, 0.6) is 0 Å². The average Bonchev–Trinajstić information content (AvgIpc) is 2.24. The van der Waals surface area contributed by atoms with E-state index in [1.165, 1.54) is 13.0 Å². The van der Waals surface area contributed by atoms with Crippen LogP contribution in [0, 0.1) is 5.92 Å². The molecular weight excluding hydrogens is 248 g/mol. The van der Waals surface area contributed by atoms with Gasteiger partial charge in [-0.1, -0.05) is 19.9 Å². The molecular formula is C13H24N2O4. The maximum absolute atomic E-state index is 11.5. The Morgan fingerprint density at radius 1 is 1.26 bits per heavy atom. The first-order valence-electron chi connectivity index (χ1n) is 6.32. The molecule has 0 aliphatic carbocycles. The lowest BCUT2D eigenvalue weighted by molar-refractivity contribution is -0.136. The zero-order valence-corrected chi connectivity index (χ0v) is 12.2. The van der Waals surface area contributed by atoms with E-state index in [-0.39, 0.29) is 11.6 Å². The fourth-order valence-corrected chi connectivity index (χ4v) is 1.23. The molecule has 0 saturated heterocycles. The van der Waals surface area contributed by atoms with Crippen molar-refractivity contribution in [3.8, 4) is 0 Å². The summed E-state index contributed by atoms with van der Waals surface area (Å²) in [5.41, 5.74) is 5.77. The summed E-state index contributed by atoms with van der Waals surface area (Å²) in [6, 6.07) is -0.282. The maximum atomic E-state index is 11.5. The van der Waals surface area contributed by atoms with Crippen LogP contribution in [0.25, 0.3) is 0 Å². The van der Waals surface area contributed by atoms with E-state index in [0.29, 0.717) is 12.5 Å². The van der Waals surface area contributed by atoms with Crippen LogP contribution >= 0.6 is 0 Å². The zero-order chi connectivity index (χ0) is 15.0. The topological polar surface area (TPSA) is 90.7 Å². The highest BCUT2D eigenvalue weighted by molar-refractivity contribution is 5.94. The van der Waals surface area contributed by atoms with Crippen LogP contribution in [0.3, 0.4) is 0 Å². The molecule has 0 rings (SSSR count). The van der Waals surface area contributed by atoms with Crippen molar-refractivity contribution in [1.29, 1.82) is 0 Å². The van der Waals surface area contributed by atoms with Crippen molar-refractivity contribution in [3.63, 3.8) is 0 Å². The molecule has 0 spiro atoms. The molecule has 3 N–H and O–H groups in total. The number of ether oxygens (including phenoxy) is 2. The Labute approximate surface area is 114 Å². The minimum absolute atomic E-state index is 0.273. The standard InChI is InChI=1S/C13H24N2O4/c1-8(2)7-15-11(5)18-13(17)19-12(16)9(3)6-10(4)14/h6,8,10-11,15H,7,14H2,1-5H3. The second kappa shape index (κ2) is 8.66. The van der Waals surface area contributed by atoms with Crippen LogP contribution in [-0.2, 0) is 14.3 Å². The SMILES string of the molecule is CC(=CC(C)N)C(=O)OC(=O)OC(C)NCC(C)C. The van der Waals surface area contributed by atoms with Crippen molar-refractivity contribution >= 4 is 12.1 Å². The van der Waals surface area contributed by atoms with Crippen molar-refractivity contribution in [1.82, 2.24) is 5.32 Å². The number of hydrogen-bond acceptors (Lipinski definition) is 6. The van der Waals surface area contributed by atoms with Crippen LogP contribution in [-0.4, -0.2) is 30.9 Å². The number of hydrogen-bond donors (Lipinski definition) is 2. The molecule has 0 saturated carbocycles. The summed E-state index contributed by atoms with van der Waals surface area (Å²) in [5.74, 6) is -0.321. The first kappa shape index (κ1) is 17.6. The molecule has 0 aliphatic rings. The molecule has 0 aromatic rings. The summed E-state index contributed by atoms with van der Waals surface area (Å²) in [6.07, 6.45) is -0.0256. The number of esters is 1. The Morgan fingerprint density at radius 2 is 1.84 bits per heavy atom. The monoisotopic (exact) mass is 272 g/mol. The summed E-state index contributed by atoms with van der Waals surface area (Å²) in [4.78, 5) is 22.8. The predicted molar refractivity (Wildman–Crippen MR) is 72.3 cm³/mol. The summed E-state index contributed by atoms with van der Waals surface area (Å²) >= 11 is 0. The maximum Gasteiger partial charge on any atom is 0.517 e. The molecule has 6 heteroatoms. The lowest BCUT2D eigenvalue weighted by atomic mass is 10.2. The Balaban J connectivity index is 4.14. The van der Waals surface area contributed by atoms with E-state index in [1.807, 2.05) is 13.8 Å². The first-order valence-corrected chi connectivity index (χ1v) is 6.32. The molecule has 0 aliphatic heterocycles. The van der Waals surface area contributed by atoms with Gasteiger partial charge in [0.1, 0.15) is 0 Å². The van der Waals surface area contributed by atoms with Crippen molar-refractivity contribution in [3.05, 3.63) is 11.6 Å². The molecule has 0 amide bonds. The van der Waals surface area contributed by atoms with Gasteiger partial charge in [0.2, 0.25) is 0 Å². The third-order valence-corrected chi connectivity index (χ3v) is 2.10. The van der Waals surface area contributed by atoms with E-state index in [0.717, 1.165) is 0 Å². The van der Waals surface area contributed by atoms with Gasteiger partial charge in [0.15, 0.2) is 6.23 Å². The minimum atomic E-state index is -1.02. The van der Waals surface area contributed by atoms with E-state index in [2.05, 4.69) is 10.1 Å². The largest absolute Gasteiger partial charge is 0.517 e. The second-order valence-electron chi connectivity index (χ2n) is 4.91. The van der Waals surface area contributed by atoms with E-state index < -0.39 is 18.4 Å². The molecule has 19 heavy (non-hydrogen) atoms. The van der Waals surface area contributed by atoms with Crippen molar-refractivity contribution in [2.75, 3.05) is 6.54 Å². The summed E-state index contributed by atoms with van der Waals surface area (Å²) in [6.45, 7) is 9.67. The Kier molecular flexibility index (Phi) is 8.02. The quantitative estimate of drug-likeness (QED) is 0.330. The second-order valence-corrected chi connectivity index (χ2v) is 4.91. The van der Waals surface area contributed by atoms with Crippen LogP contribution in [0.1, 0.15) is 34.6 Å². The predicted octanol–water partition coefficient (Wildman–Crippen LogP) is 1.55. The fourth-order valence-electron chi connectivity index (χ4n) is 1.23. The summed E-state index contributed by atoms with van der Waals surface area (Å²) < 4.78 is 9.40. The van der Waals surface area contributed by atoms with Crippen LogP contribution < -0.4 is 11.1 Å². The number of carbonyl (C=O) groups excluding carboxylic acids is 2. The Hall–Kier alpha value is -1.40. The highest BCUT2D eigenvalue weighted by Gasteiger charge is 2.16. The molecule has 0 fully saturated rings. The van der Waals surface area contributed by atoms with Gasteiger partial charge in [-0.25, -0.2) is 9.59 Å². The van der Waals surface area contributed by atoms with Crippen LogP contribution in [0.4, 0.5) is 4.79 Å². The molecule has 0 aromatic heterocycles. The molecule has 0 aromatic carbocycles. The Bertz CT molecular complexity index is 338. The molecule has 0 radical (unpaired) electrons. The molecule has 0 heterocycles. The smallest absolute Gasteiger partial charge is 0.415 e. The van der Waals surface area contributed by atoms with Gasteiger partial charge in [0.25, 0.3) is 0 Å². The van der Waals surface area contributed by atoms with Gasteiger partial charge < -0.3 is 15.2 Å². The molecule has 110 valence electrons. The lowest BCUT2D eigenvalue weighted by Gasteiger charge is -2.15. The lowest BCUT2D eigenvalue weighted by Crippen LogP contribution is -2.34. The Morgan fingerprint density at radius 3 is 2.32 bits per heavy atom. The zero-order valence-electron chi connectivity index (χ0n) is 12.2. The fraction of sp³-hybridized carbons (Fsp3) is 0.692. The normalized spacial score (nSPS) is 15.0. The van der Waals surface area contributed by atoms with Gasteiger partial charge in [-0.2, -0.15) is 0 Å². The summed E-state index contributed by atoms with van der Waals surface area (Å²) in [5, 5.41) is 2.98. The third-order valence-electron chi connectivity index (χ3n) is 2.10. The van der Waals surface area contributed by atoms with E-state index in [1.54, 1.807) is 13.8 Å². The minimum Gasteiger partial charge on any atom is -0.415 e. The molecule has 2 atom stereocenters. The van der Waals surface area contributed by atoms with Crippen molar-refractivity contribution < 1.29 is 19.1 Å². The van der Waals surface area contributed by atoms with Gasteiger partial charge >= 0.3 is 12.1 Å². The van der Waals surface area contributed by atoms with Gasteiger partial charge in [0, 0.05) is 18.2 Å². The van der Waals surface area contributed by atoms with Crippen molar-refractivity contribution in [2.24, 2.45) is 11.7 Å². The highest BCUT2D eigenvalue weighted by atomic mass is 16.7. The first-order chi connectivity index (χ1) is 8.72. The average molecular weight is 272 g/mol. The third kappa shape index (κ3) is 9.21. The molecule has 0 bridgehead atoms. The molecule has 2 unspecified atom stereocenters. The number of nitrogens with two attached hydrogens (primary N) is 1.